The quantitative estimate of drug-likeness (QED) is 0.796. The highest BCUT2D eigenvalue weighted by molar-refractivity contribution is 5.52. The number of benzene rings is 1. The average Bonchev–Trinajstić information content (AvgIpc) is 3.35. The van der Waals surface area contributed by atoms with Gasteiger partial charge >= 0.3 is 0 Å². The fourth-order valence-corrected chi connectivity index (χ4v) is 2.89. The number of nitrogens with two attached hydrogens (primary N) is 1. The first-order chi connectivity index (χ1) is 10.2. The van der Waals surface area contributed by atoms with Gasteiger partial charge in [0.15, 0.2) is 11.5 Å². The van der Waals surface area contributed by atoms with Gasteiger partial charge < -0.3 is 19.9 Å². The Bertz CT molecular complexity index is 475. The first kappa shape index (κ1) is 15.9. The van der Waals surface area contributed by atoms with Crippen LogP contribution in [0, 0.1) is 0 Å². The normalized spacial score (nSPS) is 15.9. The Kier molecular flexibility index (Phi) is 5.31. The highest BCUT2D eigenvalue weighted by Crippen LogP contribution is 2.41. The molecule has 1 saturated carbocycles. The van der Waals surface area contributed by atoms with E-state index < -0.39 is 0 Å². The third-order valence-electron chi connectivity index (χ3n) is 4.10. The van der Waals surface area contributed by atoms with Gasteiger partial charge in [-0.1, -0.05) is 6.92 Å². The second-order valence-corrected chi connectivity index (χ2v) is 5.26. The molecule has 2 rings (SSSR count). The number of hydrogen-bond donors (Lipinski definition) is 1. The largest absolute Gasteiger partial charge is 0.496 e. The molecule has 1 aliphatic rings. The van der Waals surface area contributed by atoms with E-state index in [1.54, 1.807) is 21.3 Å². The fraction of sp³-hybridized carbons (Fsp3) is 0.625. The van der Waals surface area contributed by atoms with Crippen molar-refractivity contribution in [2.24, 2.45) is 5.73 Å². The third kappa shape index (κ3) is 3.24. The molecule has 1 fully saturated rings. The van der Waals surface area contributed by atoms with Crippen molar-refractivity contribution in [2.75, 3.05) is 34.4 Å². The van der Waals surface area contributed by atoms with Crippen molar-refractivity contribution in [2.45, 2.75) is 31.8 Å². The van der Waals surface area contributed by atoms with Crippen LogP contribution in [0.4, 0.5) is 0 Å². The van der Waals surface area contributed by atoms with E-state index in [2.05, 4.69) is 11.8 Å². The lowest BCUT2D eigenvalue weighted by Gasteiger charge is -2.31. The molecule has 2 N–H and O–H groups in total. The Morgan fingerprint density at radius 2 is 1.67 bits per heavy atom. The summed E-state index contributed by atoms with van der Waals surface area (Å²) in [6.07, 6.45) is 2.50. The lowest BCUT2D eigenvalue weighted by molar-refractivity contribution is 0.197. The number of rotatable bonds is 8. The van der Waals surface area contributed by atoms with Crippen molar-refractivity contribution >= 4 is 0 Å². The van der Waals surface area contributed by atoms with Crippen LogP contribution in [0.5, 0.6) is 17.2 Å². The van der Waals surface area contributed by atoms with Gasteiger partial charge in [0.1, 0.15) is 5.75 Å². The minimum Gasteiger partial charge on any atom is -0.496 e. The SMILES string of the molecule is CCN(C1CC1)C(CN)c1cc(OC)c(OC)cc1OC. The molecule has 0 heterocycles. The summed E-state index contributed by atoms with van der Waals surface area (Å²) in [5, 5.41) is 0. The monoisotopic (exact) mass is 294 g/mol. The standard InChI is InChI=1S/C16H26N2O3/c1-5-18(11-6-7-11)13(10-17)12-8-15(20-3)16(21-4)9-14(12)19-2/h8-9,11,13H,5-7,10,17H2,1-4H3. The molecule has 21 heavy (non-hydrogen) atoms. The maximum atomic E-state index is 6.06. The molecular formula is C16H26N2O3. The van der Waals surface area contributed by atoms with E-state index in [0.29, 0.717) is 24.1 Å². The first-order valence-electron chi connectivity index (χ1n) is 7.45. The number of likely N-dealkylation sites (N-methyl/N-ethyl adjacent to an activating group) is 1. The van der Waals surface area contributed by atoms with Crippen LogP contribution >= 0.6 is 0 Å². The topological polar surface area (TPSA) is 57.0 Å². The molecule has 0 radical (unpaired) electrons. The second kappa shape index (κ2) is 7.00. The van der Waals surface area contributed by atoms with Crippen LogP contribution in [0.1, 0.15) is 31.4 Å². The van der Waals surface area contributed by atoms with Crippen molar-refractivity contribution in [3.05, 3.63) is 17.7 Å². The van der Waals surface area contributed by atoms with Crippen LogP contribution in [0.2, 0.25) is 0 Å². The molecule has 1 atom stereocenters. The smallest absolute Gasteiger partial charge is 0.164 e. The van der Waals surface area contributed by atoms with E-state index in [0.717, 1.165) is 17.9 Å². The predicted octanol–water partition coefficient (Wildman–Crippen LogP) is 2.20. The number of nitrogens with zero attached hydrogens (tertiary/aromatic N) is 1. The molecule has 5 nitrogen and oxygen atoms in total. The minimum atomic E-state index is 0.136. The van der Waals surface area contributed by atoms with E-state index in [-0.39, 0.29) is 6.04 Å². The Morgan fingerprint density at radius 3 is 2.10 bits per heavy atom. The number of hydrogen-bond acceptors (Lipinski definition) is 5. The van der Waals surface area contributed by atoms with Crippen LogP contribution in [-0.2, 0) is 0 Å². The lowest BCUT2D eigenvalue weighted by Crippen LogP contribution is -2.35. The van der Waals surface area contributed by atoms with Gasteiger partial charge in [0.05, 0.1) is 27.4 Å². The molecule has 118 valence electrons. The van der Waals surface area contributed by atoms with Crippen LogP contribution in [-0.4, -0.2) is 45.4 Å². The summed E-state index contributed by atoms with van der Waals surface area (Å²) in [5.41, 5.74) is 7.12. The predicted molar refractivity (Wildman–Crippen MR) is 83.3 cm³/mol. The minimum absolute atomic E-state index is 0.136. The lowest BCUT2D eigenvalue weighted by atomic mass is 10.0. The summed E-state index contributed by atoms with van der Waals surface area (Å²) < 4.78 is 16.3. The maximum Gasteiger partial charge on any atom is 0.164 e. The second-order valence-electron chi connectivity index (χ2n) is 5.26. The molecule has 1 unspecified atom stereocenters. The molecule has 0 spiro atoms. The highest BCUT2D eigenvalue weighted by atomic mass is 16.5. The van der Waals surface area contributed by atoms with Crippen molar-refractivity contribution < 1.29 is 14.2 Å². The molecule has 0 bridgehead atoms. The Labute approximate surface area is 127 Å². The van der Waals surface area contributed by atoms with Gasteiger partial charge in [-0.15, -0.1) is 0 Å². The van der Waals surface area contributed by atoms with Gasteiger partial charge in [-0.25, -0.2) is 0 Å². The van der Waals surface area contributed by atoms with Crippen molar-refractivity contribution in [3.63, 3.8) is 0 Å². The zero-order valence-corrected chi connectivity index (χ0v) is 13.4. The summed E-state index contributed by atoms with van der Waals surface area (Å²) in [4.78, 5) is 2.45. The molecule has 5 heteroatoms. The number of methoxy groups -OCH3 is 3. The fourth-order valence-electron chi connectivity index (χ4n) is 2.89. The molecular weight excluding hydrogens is 268 g/mol. The molecule has 0 aliphatic heterocycles. The molecule has 0 amide bonds. The molecule has 1 aromatic rings. The third-order valence-corrected chi connectivity index (χ3v) is 4.10. The Hall–Kier alpha value is -1.46. The molecule has 1 aromatic carbocycles. The van der Waals surface area contributed by atoms with Crippen LogP contribution in [0.3, 0.4) is 0 Å². The van der Waals surface area contributed by atoms with Crippen molar-refractivity contribution in [1.82, 2.24) is 4.90 Å². The van der Waals surface area contributed by atoms with Gasteiger partial charge in [-0.2, -0.15) is 0 Å². The summed E-state index contributed by atoms with van der Waals surface area (Å²) in [6, 6.07) is 4.64. The van der Waals surface area contributed by atoms with Gasteiger partial charge in [0.25, 0.3) is 0 Å². The van der Waals surface area contributed by atoms with Crippen LogP contribution < -0.4 is 19.9 Å². The zero-order chi connectivity index (χ0) is 15.4. The van der Waals surface area contributed by atoms with E-state index in [9.17, 15) is 0 Å². The number of ether oxygens (including phenoxy) is 3. The maximum absolute atomic E-state index is 6.06. The highest BCUT2D eigenvalue weighted by Gasteiger charge is 2.34. The van der Waals surface area contributed by atoms with Gasteiger partial charge in [-0.3, -0.25) is 4.90 Å². The van der Waals surface area contributed by atoms with Gasteiger partial charge in [0, 0.05) is 24.2 Å². The van der Waals surface area contributed by atoms with Crippen molar-refractivity contribution in [3.8, 4) is 17.2 Å². The van der Waals surface area contributed by atoms with Crippen molar-refractivity contribution in [1.29, 1.82) is 0 Å². The van der Waals surface area contributed by atoms with Crippen LogP contribution in [0.15, 0.2) is 12.1 Å². The van der Waals surface area contributed by atoms with Gasteiger partial charge in [0.2, 0.25) is 0 Å². The molecule has 1 aliphatic carbocycles. The van der Waals surface area contributed by atoms with E-state index in [1.165, 1.54) is 12.8 Å². The Morgan fingerprint density at radius 1 is 1.10 bits per heavy atom. The molecule has 0 aromatic heterocycles. The van der Waals surface area contributed by atoms with E-state index in [1.807, 2.05) is 12.1 Å². The summed E-state index contributed by atoms with van der Waals surface area (Å²) in [7, 11) is 4.94. The van der Waals surface area contributed by atoms with E-state index >= 15 is 0 Å². The zero-order valence-electron chi connectivity index (χ0n) is 13.4. The Balaban J connectivity index is 2.43. The summed E-state index contributed by atoms with van der Waals surface area (Å²) in [6.45, 7) is 3.70. The average molecular weight is 294 g/mol. The molecule has 0 saturated heterocycles. The summed E-state index contributed by atoms with van der Waals surface area (Å²) in [5.74, 6) is 2.17. The summed E-state index contributed by atoms with van der Waals surface area (Å²) >= 11 is 0. The van der Waals surface area contributed by atoms with Crippen LogP contribution in [0.25, 0.3) is 0 Å². The first-order valence-corrected chi connectivity index (χ1v) is 7.45. The van der Waals surface area contributed by atoms with Gasteiger partial charge in [-0.05, 0) is 25.5 Å². The van der Waals surface area contributed by atoms with E-state index in [4.69, 9.17) is 19.9 Å².